The van der Waals surface area contributed by atoms with Gasteiger partial charge in [0.25, 0.3) is 0 Å². The van der Waals surface area contributed by atoms with Gasteiger partial charge in [-0.2, -0.15) is 0 Å². The molecule has 0 radical (unpaired) electrons. The number of ether oxygens (including phenoxy) is 2. The van der Waals surface area contributed by atoms with E-state index in [4.69, 9.17) is 9.47 Å². The Morgan fingerprint density at radius 3 is 2.26 bits per heavy atom. The Bertz CT molecular complexity index is 535. The van der Waals surface area contributed by atoms with Crippen molar-refractivity contribution in [2.75, 3.05) is 0 Å². The molecule has 0 aromatic heterocycles. The predicted molar refractivity (Wildman–Crippen MR) is 72.6 cm³/mol. The fourth-order valence-electron chi connectivity index (χ4n) is 1.67. The Morgan fingerprint density at radius 2 is 1.53 bits per heavy atom. The summed E-state index contributed by atoms with van der Waals surface area (Å²) in [5, 5.41) is 0. The van der Waals surface area contributed by atoms with E-state index >= 15 is 0 Å². The van der Waals surface area contributed by atoms with Crippen LogP contribution in [0.15, 0.2) is 54.6 Å². The van der Waals surface area contributed by atoms with Gasteiger partial charge in [-0.05, 0) is 23.6 Å². The molecule has 0 N–H and O–H groups in total. The van der Waals surface area contributed by atoms with Gasteiger partial charge in [0.15, 0.2) is 0 Å². The average molecular weight is 256 g/mol. The zero-order valence-corrected chi connectivity index (χ0v) is 10.8. The van der Waals surface area contributed by atoms with Gasteiger partial charge >= 0.3 is 6.16 Å². The largest absolute Gasteiger partial charge is 0.508 e. The molecule has 0 saturated heterocycles. The summed E-state index contributed by atoms with van der Waals surface area (Å²) in [4.78, 5) is 11.5. The van der Waals surface area contributed by atoms with E-state index in [2.05, 4.69) is 0 Å². The highest BCUT2D eigenvalue weighted by Gasteiger charge is 2.06. The first kappa shape index (κ1) is 13.1. The van der Waals surface area contributed by atoms with E-state index in [0.717, 1.165) is 16.7 Å². The minimum absolute atomic E-state index is 0.230. The fourth-order valence-corrected chi connectivity index (χ4v) is 1.67. The maximum Gasteiger partial charge on any atom is 0.508 e. The number of hydrogen-bond acceptors (Lipinski definition) is 3. The van der Waals surface area contributed by atoms with E-state index in [1.807, 2.05) is 61.5 Å². The van der Waals surface area contributed by atoms with Crippen LogP contribution in [0.3, 0.4) is 0 Å². The molecule has 0 aliphatic rings. The molecule has 0 fully saturated rings. The van der Waals surface area contributed by atoms with Gasteiger partial charge in [0.1, 0.15) is 13.2 Å². The molecular weight excluding hydrogens is 240 g/mol. The number of rotatable bonds is 4. The molecule has 98 valence electrons. The molecule has 0 spiro atoms. The Hall–Kier alpha value is -2.29. The lowest BCUT2D eigenvalue weighted by atomic mass is 10.1. The molecule has 0 bridgehead atoms. The summed E-state index contributed by atoms with van der Waals surface area (Å²) in [5.74, 6) is 0. The Labute approximate surface area is 112 Å². The molecular formula is C16H16O3. The van der Waals surface area contributed by atoms with E-state index in [9.17, 15) is 4.79 Å². The average Bonchev–Trinajstić information content (AvgIpc) is 2.45. The fraction of sp³-hybridized carbons (Fsp3) is 0.188. The Morgan fingerprint density at radius 1 is 0.895 bits per heavy atom. The minimum Gasteiger partial charge on any atom is -0.429 e. The Kier molecular flexibility index (Phi) is 4.56. The summed E-state index contributed by atoms with van der Waals surface area (Å²) >= 11 is 0. The normalized spacial score (nSPS) is 9.95. The lowest BCUT2D eigenvalue weighted by Gasteiger charge is -2.08. The molecule has 0 unspecified atom stereocenters. The maximum absolute atomic E-state index is 11.5. The maximum atomic E-state index is 11.5. The highest BCUT2D eigenvalue weighted by atomic mass is 16.7. The topological polar surface area (TPSA) is 35.5 Å². The molecule has 0 heterocycles. The summed E-state index contributed by atoms with van der Waals surface area (Å²) in [6.07, 6.45) is -0.646. The van der Waals surface area contributed by atoms with Gasteiger partial charge in [-0.1, -0.05) is 54.6 Å². The van der Waals surface area contributed by atoms with E-state index in [1.54, 1.807) is 0 Å². The summed E-state index contributed by atoms with van der Waals surface area (Å²) < 4.78 is 10.1. The smallest absolute Gasteiger partial charge is 0.429 e. The van der Waals surface area contributed by atoms with Crippen molar-refractivity contribution in [2.24, 2.45) is 0 Å². The number of aryl methyl sites for hydroxylation is 1. The lowest BCUT2D eigenvalue weighted by molar-refractivity contribution is 0.0445. The van der Waals surface area contributed by atoms with Gasteiger partial charge in [0.05, 0.1) is 0 Å². The van der Waals surface area contributed by atoms with Gasteiger partial charge < -0.3 is 9.47 Å². The second kappa shape index (κ2) is 6.59. The molecule has 0 aliphatic carbocycles. The first-order valence-electron chi connectivity index (χ1n) is 6.13. The first-order chi connectivity index (χ1) is 9.25. The van der Waals surface area contributed by atoms with Gasteiger partial charge in [-0.25, -0.2) is 4.79 Å². The molecule has 0 atom stereocenters. The zero-order chi connectivity index (χ0) is 13.5. The molecule has 0 saturated carbocycles. The first-order valence-corrected chi connectivity index (χ1v) is 6.13. The molecule has 0 amide bonds. The van der Waals surface area contributed by atoms with Crippen molar-refractivity contribution in [3.05, 3.63) is 71.3 Å². The van der Waals surface area contributed by atoms with Crippen molar-refractivity contribution in [3.63, 3.8) is 0 Å². The summed E-state index contributed by atoms with van der Waals surface area (Å²) in [5.41, 5.74) is 3.02. The molecule has 3 nitrogen and oxygen atoms in total. The van der Waals surface area contributed by atoms with Crippen LogP contribution in [0, 0.1) is 6.92 Å². The molecule has 0 aliphatic heterocycles. The van der Waals surface area contributed by atoms with Crippen molar-refractivity contribution in [3.8, 4) is 0 Å². The second-order valence-electron chi connectivity index (χ2n) is 4.24. The van der Waals surface area contributed by atoms with Crippen LogP contribution in [0.2, 0.25) is 0 Å². The molecule has 2 aromatic rings. The number of carbonyl (C=O) groups excluding carboxylic acids is 1. The van der Waals surface area contributed by atoms with Crippen LogP contribution in [0.1, 0.15) is 16.7 Å². The van der Waals surface area contributed by atoms with Crippen LogP contribution in [-0.4, -0.2) is 6.16 Å². The van der Waals surface area contributed by atoms with Gasteiger partial charge in [-0.3, -0.25) is 0 Å². The third kappa shape index (κ3) is 4.14. The van der Waals surface area contributed by atoms with E-state index in [-0.39, 0.29) is 13.2 Å². The highest BCUT2D eigenvalue weighted by molar-refractivity contribution is 5.60. The molecule has 2 rings (SSSR count). The summed E-state index contributed by atoms with van der Waals surface area (Å²) in [7, 11) is 0. The van der Waals surface area contributed by atoms with Crippen LogP contribution in [0.25, 0.3) is 0 Å². The van der Waals surface area contributed by atoms with Crippen molar-refractivity contribution >= 4 is 6.16 Å². The van der Waals surface area contributed by atoms with E-state index in [0.29, 0.717) is 0 Å². The third-order valence-electron chi connectivity index (χ3n) is 2.81. The highest BCUT2D eigenvalue weighted by Crippen LogP contribution is 2.09. The summed E-state index contributed by atoms with van der Waals surface area (Å²) in [6.45, 7) is 2.45. The van der Waals surface area contributed by atoms with Crippen LogP contribution in [0.4, 0.5) is 4.79 Å². The minimum atomic E-state index is -0.646. The quantitative estimate of drug-likeness (QED) is 0.779. The van der Waals surface area contributed by atoms with Gasteiger partial charge in [0.2, 0.25) is 0 Å². The Balaban J connectivity index is 1.78. The molecule has 3 heteroatoms. The summed E-state index contributed by atoms with van der Waals surface area (Å²) in [6, 6.07) is 17.3. The molecule has 19 heavy (non-hydrogen) atoms. The predicted octanol–water partition coefficient (Wildman–Crippen LogP) is 3.85. The third-order valence-corrected chi connectivity index (χ3v) is 2.81. The SMILES string of the molecule is Cc1ccccc1COC(=O)OCc1ccccc1. The van der Waals surface area contributed by atoms with Crippen molar-refractivity contribution < 1.29 is 14.3 Å². The monoisotopic (exact) mass is 256 g/mol. The van der Waals surface area contributed by atoms with Crippen LogP contribution in [-0.2, 0) is 22.7 Å². The van der Waals surface area contributed by atoms with Crippen LogP contribution < -0.4 is 0 Å². The van der Waals surface area contributed by atoms with Crippen LogP contribution >= 0.6 is 0 Å². The number of benzene rings is 2. The second-order valence-corrected chi connectivity index (χ2v) is 4.24. The van der Waals surface area contributed by atoms with E-state index < -0.39 is 6.16 Å². The van der Waals surface area contributed by atoms with Gasteiger partial charge in [-0.15, -0.1) is 0 Å². The lowest BCUT2D eigenvalue weighted by Crippen LogP contribution is -2.08. The van der Waals surface area contributed by atoms with E-state index in [1.165, 1.54) is 0 Å². The van der Waals surface area contributed by atoms with Crippen LogP contribution in [0.5, 0.6) is 0 Å². The molecule has 2 aromatic carbocycles. The number of hydrogen-bond donors (Lipinski definition) is 0. The zero-order valence-electron chi connectivity index (χ0n) is 10.8. The van der Waals surface area contributed by atoms with Crippen molar-refractivity contribution in [2.45, 2.75) is 20.1 Å². The van der Waals surface area contributed by atoms with Crippen molar-refractivity contribution in [1.82, 2.24) is 0 Å². The number of carbonyl (C=O) groups is 1. The van der Waals surface area contributed by atoms with Gasteiger partial charge in [0, 0.05) is 0 Å². The van der Waals surface area contributed by atoms with Crippen molar-refractivity contribution in [1.29, 1.82) is 0 Å². The standard InChI is InChI=1S/C16H16O3/c1-13-7-5-6-10-15(13)12-19-16(17)18-11-14-8-3-2-4-9-14/h2-10H,11-12H2,1H3.